The highest BCUT2D eigenvalue weighted by Crippen LogP contribution is 2.26. The highest BCUT2D eigenvalue weighted by molar-refractivity contribution is 7.80. The van der Waals surface area contributed by atoms with Crippen molar-refractivity contribution in [2.24, 2.45) is 5.73 Å². The number of imidazole rings is 1. The number of nitrogens with two attached hydrogens (primary N) is 1. The van der Waals surface area contributed by atoms with Crippen molar-refractivity contribution < 1.29 is 0 Å². The van der Waals surface area contributed by atoms with Crippen molar-refractivity contribution in [2.45, 2.75) is 13.5 Å². The molecule has 0 saturated carbocycles. The Labute approximate surface area is 123 Å². The molecule has 4 heteroatoms. The van der Waals surface area contributed by atoms with Crippen LogP contribution in [0, 0.1) is 6.92 Å². The first-order chi connectivity index (χ1) is 9.66. The van der Waals surface area contributed by atoms with Gasteiger partial charge in [0, 0.05) is 5.56 Å². The topological polar surface area (TPSA) is 43.8 Å². The summed E-state index contributed by atoms with van der Waals surface area (Å²) >= 11 is 5.08. The molecule has 1 aromatic heterocycles. The van der Waals surface area contributed by atoms with Gasteiger partial charge in [0.1, 0.15) is 5.82 Å². The van der Waals surface area contributed by atoms with Crippen LogP contribution in [-0.4, -0.2) is 14.5 Å². The number of nitrogens with zero attached hydrogens (tertiary/aromatic N) is 2. The molecule has 0 aliphatic heterocycles. The molecule has 3 nitrogen and oxygen atoms in total. The second kappa shape index (κ2) is 5.06. The van der Waals surface area contributed by atoms with Crippen LogP contribution in [0.1, 0.15) is 5.56 Å². The fraction of sp³-hybridized carbons (Fsp3) is 0.125. The number of rotatable bonds is 3. The summed E-state index contributed by atoms with van der Waals surface area (Å²) in [7, 11) is 0. The molecule has 0 fully saturated rings. The van der Waals surface area contributed by atoms with Crippen molar-refractivity contribution in [3.05, 3.63) is 54.1 Å². The lowest BCUT2D eigenvalue weighted by atomic mass is 10.1. The summed E-state index contributed by atoms with van der Waals surface area (Å²) in [4.78, 5) is 5.21. The average molecular weight is 281 g/mol. The van der Waals surface area contributed by atoms with Crippen LogP contribution in [0.25, 0.3) is 22.4 Å². The van der Waals surface area contributed by atoms with Gasteiger partial charge in [0.25, 0.3) is 0 Å². The van der Waals surface area contributed by atoms with Crippen LogP contribution in [0.2, 0.25) is 0 Å². The molecule has 3 rings (SSSR count). The Kier molecular flexibility index (Phi) is 3.24. The maximum Gasteiger partial charge on any atom is 0.141 e. The number of para-hydroxylation sites is 2. The maximum absolute atomic E-state index is 5.74. The number of benzene rings is 2. The van der Waals surface area contributed by atoms with E-state index < -0.39 is 0 Å². The highest BCUT2D eigenvalue weighted by atomic mass is 32.1. The SMILES string of the molecule is Cc1ccccc1-c1nc2ccccc2n1CC(N)=S. The van der Waals surface area contributed by atoms with Crippen LogP contribution in [0.5, 0.6) is 0 Å². The fourth-order valence-corrected chi connectivity index (χ4v) is 2.55. The van der Waals surface area contributed by atoms with Gasteiger partial charge in [0.2, 0.25) is 0 Å². The molecule has 20 heavy (non-hydrogen) atoms. The lowest BCUT2D eigenvalue weighted by Gasteiger charge is -2.10. The van der Waals surface area contributed by atoms with Gasteiger partial charge in [-0.3, -0.25) is 0 Å². The second-order valence-corrected chi connectivity index (χ2v) is 5.32. The molecule has 0 atom stereocenters. The van der Waals surface area contributed by atoms with Crippen LogP contribution in [0.4, 0.5) is 0 Å². The Bertz CT molecular complexity index is 789. The number of hydrogen-bond acceptors (Lipinski definition) is 2. The van der Waals surface area contributed by atoms with E-state index in [0.29, 0.717) is 11.5 Å². The van der Waals surface area contributed by atoms with Gasteiger partial charge in [0.15, 0.2) is 0 Å². The van der Waals surface area contributed by atoms with Gasteiger partial charge in [-0.25, -0.2) is 4.98 Å². The standard InChI is InChI=1S/C16H15N3S/c1-11-6-2-3-7-12(11)16-18-13-8-4-5-9-14(13)19(16)10-15(17)20/h2-9H,10H2,1H3,(H2,17,20). The Hall–Kier alpha value is -2.20. The molecular weight excluding hydrogens is 266 g/mol. The van der Waals surface area contributed by atoms with Crippen LogP contribution >= 0.6 is 12.2 Å². The van der Waals surface area contributed by atoms with Crippen LogP contribution < -0.4 is 5.73 Å². The third-order valence-corrected chi connectivity index (χ3v) is 3.48. The smallest absolute Gasteiger partial charge is 0.141 e. The molecule has 0 bridgehead atoms. The monoisotopic (exact) mass is 281 g/mol. The van der Waals surface area contributed by atoms with Gasteiger partial charge in [-0.15, -0.1) is 0 Å². The van der Waals surface area contributed by atoms with E-state index in [-0.39, 0.29) is 0 Å². The van der Waals surface area contributed by atoms with Gasteiger partial charge in [0.05, 0.1) is 22.6 Å². The van der Waals surface area contributed by atoms with Crippen LogP contribution in [-0.2, 0) is 6.54 Å². The first-order valence-electron chi connectivity index (χ1n) is 6.46. The van der Waals surface area contributed by atoms with Gasteiger partial charge >= 0.3 is 0 Å². The van der Waals surface area contributed by atoms with E-state index in [2.05, 4.69) is 23.6 Å². The van der Waals surface area contributed by atoms with Gasteiger partial charge in [-0.1, -0.05) is 48.6 Å². The van der Waals surface area contributed by atoms with Crippen molar-refractivity contribution in [3.63, 3.8) is 0 Å². The van der Waals surface area contributed by atoms with E-state index in [4.69, 9.17) is 22.9 Å². The molecular formula is C16H15N3S. The summed E-state index contributed by atoms with van der Waals surface area (Å²) < 4.78 is 2.08. The maximum atomic E-state index is 5.74. The Morgan fingerprint density at radius 1 is 1.15 bits per heavy atom. The summed E-state index contributed by atoms with van der Waals surface area (Å²) in [5, 5.41) is 0. The third-order valence-electron chi connectivity index (χ3n) is 3.35. The summed E-state index contributed by atoms with van der Waals surface area (Å²) in [5.74, 6) is 0.914. The summed E-state index contributed by atoms with van der Waals surface area (Å²) in [6.45, 7) is 2.58. The van der Waals surface area contributed by atoms with Gasteiger partial charge in [-0.2, -0.15) is 0 Å². The van der Waals surface area contributed by atoms with E-state index in [1.165, 1.54) is 5.56 Å². The molecule has 0 aliphatic carbocycles. The fourth-order valence-electron chi connectivity index (χ4n) is 2.42. The van der Waals surface area contributed by atoms with Crippen LogP contribution in [0.15, 0.2) is 48.5 Å². The number of aryl methyl sites for hydroxylation is 1. The Morgan fingerprint density at radius 2 is 1.85 bits per heavy atom. The minimum Gasteiger partial charge on any atom is -0.392 e. The number of thiocarbonyl (C=S) groups is 1. The summed E-state index contributed by atoms with van der Waals surface area (Å²) in [6, 6.07) is 16.2. The van der Waals surface area contributed by atoms with Crippen molar-refractivity contribution in [1.29, 1.82) is 0 Å². The molecule has 0 spiro atoms. The molecule has 3 aromatic rings. The molecule has 0 saturated heterocycles. The Morgan fingerprint density at radius 3 is 2.60 bits per heavy atom. The summed E-state index contributed by atoms with van der Waals surface area (Å²) in [6.07, 6.45) is 0. The molecule has 1 heterocycles. The molecule has 0 aliphatic rings. The summed E-state index contributed by atoms with van der Waals surface area (Å²) in [5.41, 5.74) is 10.1. The predicted octanol–water partition coefficient (Wildman–Crippen LogP) is 3.30. The van der Waals surface area contributed by atoms with Crippen molar-refractivity contribution in [3.8, 4) is 11.4 Å². The van der Waals surface area contributed by atoms with E-state index >= 15 is 0 Å². The van der Waals surface area contributed by atoms with E-state index in [0.717, 1.165) is 22.4 Å². The third kappa shape index (κ3) is 2.18. The lowest BCUT2D eigenvalue weighted by molar-refractivity contribution is 0.894. The molecule has 100 valence electrons. The zero-order valence-electron chi connectivity index (χ0n) is 11.2. The predicted molar refractivity (Wildman–Crippen MR) is 86.7 cm³/mol. The quantitative estimate of drug-likeness (QED) is 0.749. The molecule has 0 amide bonds. The highest BCUT2D eigenvalue weighted by Gasteiger charge is 2.14. The van der Waals surface area contributed by atoms with Gasteiger partial charge < -0.3 is 10.3 Å². The molecule has 2 N–H and O–H groups in total. The second-order valence-electron chi connectivity index (χ2n) is 4.79. The van der Waals surface area contributed by atoms with E-state index in [1.54, 1.807) is 0 Å². The number of hydrogen-bond donors (Lipinski definition) is 1. The van der Waals surface area contributed by atoms with Crippen molar-refractivity contribution in [2.75, 3.05) is 0 Å². The van der Waals surface area contributed by atoms with Crippen molar-refractivity contribution in [1.82, 2.24) is 9.55 Å². The van der Waals surface area contributed by atoms with Crippen molar-refractivity contribution >= 4 is 28.2 Å². The minimum absolute atomic E-state index is 0.461. The minimum atomic E-state index is 0.461. The van der Waals surface area contributed by atoms with E-state index in [9.17, 15) is 0 Å². The first kappa shape index (κ1) is 12.8. The van der Waals surface area contributed by atoms with E-state index in [1.807, 2.05) is 36.4 Å². The van der Waals surface area contributed by atoms with Gasteiger partial charge in [-0.05, 0) is 24.6 Å². The Balaban J connectivity index is 2.29. The van der Waals surface area contributed by atoms with Crippen LogP contribution in [0.3, 0.4) is 0 Å². The zero-order chi connectivity index (χ0) is 14.1. The number of aromatic nitrogens is 2. The molecule has 0 unspecified atom stereocenters. The normalized spacial score (nSPS) is 10.8. The number of fused-ring (bicyclic) bond motifs is 1. The molecule has 0 radical (unpaired) electrons. The zero-order valence-corrected chi connectivity index (χ0v) is 12.0. The molecule has 2 aromatic carbocycles. The first-order valence-corrected chi connectivity index (χ1v) is 6.87. The average Bonchev–Trinajstić information content (AvgIpc) is 2.78. The largest absolute Gasteiger partial charge is 0.392 e. The lowest BCUT2D eigenvalue weighted by Crippen LogP contribution is -2.17.